The Balaban J connectivity index is 2.49. The molecule has 0 bridgehead atoms. The van der Waals surface area contributed by atoms with E-state index in [4.69, 9.17) is 9.47 Å². The maximum Gasteiger partial charge on any atom is 0.492 e. The number of halogens is 3. The predicted octanol–water partition coefficient (Wildman–Crippen LogP) is 0.593. The highest BCUT2D eigenvalue weighted by molar-refractivity contribution is 6.60. The van der Waals surface area contributed by atoms with E-state index in [9.17, 15) is 28.0 Å². The van der Waals surface area contributed by atoms with Crippen molar-refractivity contribution in [2.75, 3.05) is 6.61 Å². The molecule has 0 unspecified atom stereocenters. The van der Waals surface area contributed by atoms with E-state index >= 15 is 0 Å². The minimum absolute atomic E-state index is 0.181. The zero-order valence-corrected chi connectivity index (χ0v) is 11.6. The SMILES string of the molecule is CC1(C)OC(=O)c2c(OCC(F)(F)F)ccc(B(O)O)c2O1. The van der Waals surface area contributed by atoms with Crippen molar-refractivity contribution in [1.82, 2.24) is 0 Å². The number of fused-ring (bicyclic) bond motifs is 1. The second-order valence-electron chi connectivity index (χ2n) is 5.03. The molecule has 0 atom stereocenters. The van der Waals surface area contributed by atoms with Crippen LogP contribution in [0.25, 0.3) is 0 Å². The minimum Gasteiger partial charge on any atom is -0.483 e. The van der Waals surface area contributed by atoms with Crippen LogP contribution in [0.4, 0.5) is 13.2 Å². The molecule has 0 spiro atoms. The van der Waals surface area contributed by atoms with Crippen LogP contribution < -0.4 is 14.9 Å². The van der Waals surface area contributed by atoms with E-state index < -0.39 is 43.0 Å². The molecule has 22 heavy (non-hydrogen) atoms. The van der Waals surface area contributed by atoms with Crippen LogP contribution in [0.5, 0.6) is 11.5 Å². The van der Waals surface area contributed by atoms with Gasteiger partial charge >= 0.3 is 19.3 Å². The van der Waals surface area contributed by atoms with Gasteiger partial charge in [-0.25, -0.2) is 4.79 Å². The van der Waals surface area contributed by atoms with Crippen LogP contribution in [-0.2, 0) is 4.74 Å². The van der Waals surface area contributed by atoms with Crippen molar-refractivity contribution in [2.45, 2.75) is 25.8 Å². The molecule has 0 aliphatic carbocycles. The molecule has 0 aromatic heterocycles. The highest BCUT2D eigenvalue weighted by atomic mass is 19.4. The number of hydrogen-bond donors (Lipinski definition) is 2. The normalized spacial score (nSPS) is 16.4. The molecule has 1 aromatic rings. The van der Waals surface area contributed by atoms with Gasteiger partial charge < -0.3 is 24.3 Å². The largest absolute Gasteiger partial charge is 0.492 e. The van der Waals surface area contributed by atoms with Crippen molar-refractivity contribution >= 4 is 18.6 Å². The number of cyclic esters (lactones) is 1. The lowest BCUT2D eigenvalue weighted by Gasteiger charge is -2.33. The molecule has 1 heterocycles. The Kier molecular flexibility index (Phi) is 4.01. The molecule has 2 N–H and O–H groups in total. The maximum absolute atomic E-state index is 12.2. The molecule has 0 radical (unpaired) electrons. The summed E-state index contributed by atoms with van der Waals surface area (Å²) in [5, 5.41) is 18.6. The van der Waals surface area contributed by atoms with Crippen LogP contribution in [0.15, 0.2) is 12.1 Å². The van der Waals surface area contributed by atoms with Gasteiger partial charge in [0.15, 0.2) is 6.61 Å². The van der Waals surface area contributed by atoms with Gasteiger partial charge in [0, 0.05) is 19.3 Å². The van der Waals surface area contributed by atoms with Crippen molar-refractivity contribution < 1.29 is 42.2 Å². The Morgan fingerprint density at radius 2 is 1.91 bits per heavy atom. The summed E-state index contributed by atoms with van der Waals surface area (Å²) < 4.78 is 51.6. The first-order chi connectivity index (χ1) is 10.0. The van der Waals surface area contributed by atoms with E-state index in [1.165, 1.54) is 13.8 Å². The van der Waals surface area contributed by atoms with E-state index in [0.717, 1.165) is 12.1 Å². The summed E-state index contributed by atoms with van der Waals surface area (Å²) in [7, 11) is -1.98. The van der Waals surface area contributed by atoms with Gasteiger partial charge in [0.25, 0.3) is 0 Å². The number of esters is 1. The first-order valence-electron chi connectivity index (χ1n) is 6.15. The molecule has 6 nitrogen and oxygen atoms in total. The van der Waals surface area contributed by atoms with Crippen molar-refractivity contribution in [2.24, 2.45) is 0 Å². The Bertz CT molecular complexity index is 599. The van der Waals surface area contributed by atoms with Crippen LogP contribution in [0.3, 0.4) is 0 Å². The molecule has 0 saturated heterocycles. The molecule has 120 valence electrons. The lowest BCUT2D eigenvalue weighted by atomic mass is 9.78. The zero-order chi connectivity index (χ0) is 16.7. The Morgan fingerprint density at radius 1 is 1.27 bits per heavy atom. The summed E-state index contributed by atoms with van der Waals surface area (Å²) in [5.41, 5.74) is -0.603. The molecule has 1 aromatic carbocycles. The van der Waals surface area contributed by atoms with E-state index in [2.05, 4.69) is 4.74 Å². The predicted molar refractivity (Wildman–Crippen MR) is 67.9 cm³/mol. The van der Waals surface area contributed by atoms with E-state index in [1.807, 2.05) is 0 Å². The molecule has 1 aliphatic rings. The van der Waals surface area contributed by atoms with Gasteiger partial charge in [0.05, 0.1) is 0 Å². The molecule has 2 rings (SSSR count). The molecule has 0 saturated carbocycles. The van der Waals surface area contributed by atoms with E-state index in [0.29, 0.717) is 0 Å². The van der Waals surface area contributed by atoms with Gasteiger partial charge in [-0.3, -0.25) is 0 Å². The summed E-state index contributed by atoms with van der Waals surface area (Å²) in [4.78, 5) is 12.0. The minimum atomic E-state index is -4.60. The third kappa shape index (κ3) is 3.45. The third-order valence-electron chi connectivity index (χ3n) is 2.71. The van der Waals surface area contributed by atoms with Crippen LogP contribution >= 0.6 is 0 Å². The summed E-state index contributed by atoms with van der Waals surface area (Å²) in [5.74, 6) is -3.09. The fraction of sp³-hybridized carbons (Fsp3) is 0.417. The van der Waals surface area contributed by atoms with E-state index in [1.54, 1.807) is 0 Å². The van der Waals surface area contributed by atoms with Crippen LogP contribution in [0.1, 0.15) is 24.2 Å². The number of ether oxygens (including phenoxy) is 3. The molecule has 10 heteroatoms. The zero-order valence-electron chi connectivity index (χ0n) is 11.6. The van der Waals surface area contributed by atoms with Gasteiger partial charge in [-0.05, 0) is 6.07 Å². The third-order valence-corrected chi connectivity index (χ3v) is 2.71. The summed E-state index contributed by atoms with van der Waals surface area (Å²) in [6.07, 6.45) is -4.60. The molecular weight excluding hydrogens is 308 g/mol. The van der Waals surface area contributed by atoms with E-state index in [-0.39, 0.29) is 11.2 Å². The van der Waals surface area contributed by atoms with Crippen molar-refractivity contribution in [1.29, 1.82) is 0 Å². The smallest absolute Gasteiger partial charge is 0.483 e. The van der Waals surface area contributed by atoms with Gasteiger partial charge in [-0.15, -0.1) is 0 Å². The second-order valence-corrected chi connectivity index (χ2v) is 5.03. The highest BCUT2D eigenvalue weighted by Crippen LogP contribution is 2.36. The quantitative estimate of drug-likeness (QED) is 0.626. The average molecular weight is 320 g/mol. The van der Waals surface area contributed by atoms with Crippen LogP contribution in [0, 0.1) is 0 Å². The summed E-state index contributed by atoms with van der Waals surface area (Å²) in [6, 6.07) is 2.12. The first-order valence-corrected chi connectivity index (χ1v) is 6.15. The van der Waals surface area contributed by atoms with Gasteiger partial charge in [-0.2, -0.15) is 13.2 Å². The average Bonchev–Trinajstić information content (AvgIpc) is 2.32. The number of alkyl halides is 3. The number of benzene rings is 1. The van der Waals surface area contributed by atoms with Crippen LogP contribution in [0.2, 0.25) is 0 Å². The monoisotopic (exact) mass is 320 g/mol. The fourth-order valence-electron chi connectivity index (χ4n) is 1.91. The standard InChI is InChI=1S/C12H12BF3O6/c1-11(2)21-9-6(13(18)19)3-4-7(8(9)10(17)22-11)20-5-12(14,15)16/h3-4,18-19H,5H2,1-2H3. The molecule has 0 fully saturated rings. The number of carbonyl (C=O) groups excluding carboxylic acids is 1. The van der Waals surface area contributed by atoms with Crippen molar-refractivity contribution in [3.05, 3.63) is 17.7 Å². The highest BCUT2D eigenvalue weighted by Gasteiger charge is 2.40. The first kappa shape index (κ1) is 16.4. The summed E-state index contributed by atoms with van der Waals surface area (Å²) in [6.45, 7) is 1.17. The summed E-state index contributed by atoms with van der Waals surface area (Å²) >= 11 is 0. The van der Waals surface area contributed by atoms with Gasteiger partial charge in [-0.1, -0.05) is 6.07 Å². The lowest BCUT2D eigenvalue weighted by Crippen LogP contribution is -2.44. The molecule has 1 aliphatic heterocycles. The van der Waals surface area contributed by atoms with Gasteiger partial charge in [0.2, 0.25) is 5.79 Å². The Labute approximate surface area is 123 Å². The number of carbonyl (C=O) groups is 1. The molecular formula is C12H12BF3O6. The topological polar surface area (TPSA) is 85.2 Å². The Morgan fingerprint density at radius 3 is 2.45 bits per heavy atom. The van der Waals surface area contributed by atoms with Crippen LogP contribution in [-0.4, -0.2) is 41.7 Å². The van der Waals surface area contributed by atoms with Crippen molar-refractivity contribution in [3.8, 4) is 11.5 Å². The fourth-order valence-corrected chi connectivity index (χ4v) is 1.91. The number of hydrogen-bond acceptors (Lipinski definition) is 6. The maximum atomic E-state index is 12.2. The lowest BCUT2D eigenvalue weighted by molar-refractivity contribution is -0.154. The Hall–Kier alpha value is -1.94. The molecule has 0 amide bonds. The second kappa shape index (κ2) is 5.36. The van der Waals surface area contributed by atoms with Gasteiger partial charge in [0.1, 0.15) is 17.1 Å². The van der Waals surface area contributed by atoms with Crippen molar-refractivity contribution in [3.63, 3.8) is 0 Å². The number of rotatable bonds is 3.